The lowest BCUT2D eigenvalue weighted by molar-refractivity contribution is -0.117. The lowest BCUT2D eigenvalue weighted by atomic mass is 10.2. The molecule has 3 N–H and O–H groups in total. The third-order valence-corrected chi connectivity index (χ3v) is 5.79. The Kier molecular flexibility index (Phi) is 5.51. The van der Waals surface area contributed by atoms with Crippen molar-refractivity contribution >= 4 is 56.6 Å². The number of aromatic nitrogens is 2. The van der Waals surface area contributed by atoms with Crippen molar-refractivity contribution in [1.29, 1.82) is 0 Å². The molecular weight excluding hydrogens is 380 g/mol. The van der Waals surface area contributed by atoms with Crippen molar-refractivity contribution in [2.45, 2.75) is 12.1 Å². The molecule has 0 atom stereocenters. The number of fused-ring (bicyclic) bond motifs is 1. The van der Waals surface area contributed by atoms with Gasteiger partial charge in [0.15, 0.2) is 5.16 Å². The molecule has 25 heavy (non-hydrogen) atoms. The molecule has 0 saturated carbocycles. The summed E-state index contributed by atoms with van der Waals surface area (Å²) >= 11 is 4.03. The van der Waals surface area contributed by atoms with E-state index in [9.17, 15) is 14.4 Å². The topological polar surface area (TPSA) is 104 Å². The summed E-state index contributed by atoms with van der Waals surface area (Å²) in [5.41, 5.74) is 0.635. The molecule has 0 saturated heterocycles. The Morgan fingerprint density at radius 3 is 2.92 bits per heavy atom. The minimum atomic E-state index is -0.538. The first-order chi connectivity index (χ1) is 12.1. The lowest BCUT2D eigenvalue weighted by Gasteiger charge is -2.04. The maximum absolute atomic E-state index is 12.4. The largest absolute Gasteiger partial charge is 0.338 e. The van der Waals surface area contributed by atoms with Crippen LogP contribution in [0.4, 0.5) is 4.79 Å². The van der Waals surface area contributed by atoms with Crippen LogP contribution in [0.15, 0.2) is 32.8 Å². The van der Waals surface area contributed by atoms with Crippen LogP contribution in [0, 0.1) is 0 Å². The SMILES string of the molecule is CCNC(=O)NC(=O)CSc1nc2scc(-c3cccs3)c2c(=O)[nH]1. The van der Waals surface area contributed by atoms with Crippen molar-refractivity contribution < 1.29 is 9.59 Å². The van der Waals surface area contributed by atoms with Crippen LogP contribution in [0.1, 0.15) is 6.92 Å². The number of thioether (sulfide) groups is 1. The smallest absolute Gasteiger partial charge is 0.321 e. The molecule has 130 valence electrons. The highest BCUT2D eigenvalue weighted by Crippen LogP contribution is 2.33. The molecule has 3 rings (SSSR count). The van der Waals surface area contributed by atoms with E-state index in [1.54, 1.807) is 18.3 Å². The van der Waals surface area contributed by atoms with Crippen molar-refractivity contribution in [3.8, 4) is 10.4 Å². The number of thiophene rings is 2. The summed E-state index contributed by atoms with van der Waals surface area (Å²) in [6.07, 6.45) is 0. The molecule has 3 amide bonds. The van der Waals surface area contributed by atoms with E-state index in [4.69, 9.17) is 0 Å². The number of amides is 3. The number of hydrogen-bond acceptors (Lipinski definition) is 7. The van der Waals surface area contributed by atoms with Gasteiger partial charge >= 0.3 is 6.03 Å². The van der Waals surface area contributed by atoms with Gasteiger partial charge in [0.1, 0.15) is 4.83 Å². The monoisotopic (exact) mass is 394 g/mol. The van der Waals surface area contributed by atoms with Crippen molar-refractivity contribution in [2.24, 2.45) is 0 Å². The molecule has 0 unspecified atom stereocenters. The Labute approximate surface area is 154 Å². The highest BCUT2D eigenvalue weighted by molar-refractivity contribution is 7.99. The Morgan fingerprint density at radius 2 is 2.20 bits per heavy atom. The molecule has 0 bridgehead atoms. The number of carbonyl (C=O) groups is 2. The molecule has 0 fully saturated rings. The summed E-state index contributed by atoms with van der Waals surface area (Å²) < 4.78 is 0. The van der Waals surface area contributed by atoms with Crippen LogP contribution in [0.5, 0.6) is 0 Å². The number of aromatic amines is 1. The molecule has 3 aromatic rings. The van der Waals surface area contributed by atoms with Gasteiger partial charge in [0.25, 0.3) is 5.56 Å². The van der Waals surface area contributed by atoms with E-state index in [-0.39, 0.29) is 11.3 Å². The highest BCUT2D eigenvalue weighted by atomic mass is 32.2. The van der Waals surface area contributed by atoms with Crippen molar-refractivity contribution in [2.75, 3.05) is 12.3 Å². The summed E-state index contributed by atoms with van der Waals surface area (Å²) in [6.45, 7) is 2.19. The molecule has 0 aliphatic rings. The molecule has 3 aromatic heterocycles. The first-order valence-corrected chi connectivity index (χ1v) is 10.1. The number of hydrogen-bond donors (Lipinski definition) is 3. The second-order valence-corrected chi connectivity index (χ2v) is 7.64. The predicted octanol–water partition coefficient (Wildman–Crippen LogP) is 2.65. The Bertz CT molecular complexity index is 962. The average Bonchev–Trinajstić information content (AvgIpc) is 3.22. The van der Waals surface area contributed by atoms with Gasteiger partial charge in [-0.1, -0.05) is 17.8 Å². The van der Waals surface area contributed by atoms with E-state index in [0.29, 0.717) is 21.9 Å². The fourth-order valence-corrected chi connectivity index (χ4v) is 4.59. The zero-order valence-electron chi connectivity index (χ0n) is 13.1. The standard InChI is InChI=1S/C15H14N4O3S3/c1-2-16-14(22)17-10(20)7-25-15-18-12(21)11-8(6-24-13(11)19-15)9-4-3-5-23-9/h3-6H,2,7H2,1H3,(H,18,19,21)(H2,16,17,20,22). The third-order valence-electron chi connectivity index (χ3n) is 3.14. The Balaban J connectivity index is 1.75. The van der Waals surface area contributed by atoms with Crippen LogP contribution < -0.4 is 16.2 Å². The summed E-state index contributed by atoms with van der Waals surface area (Å²) in [7, 11) is 0. The van der Waals surface area contributed by atoms with E-state index in [0.717, 1.165) is 22.2 Å². The van der Waals surface area contributed by atoms with Crippen LogP contribution in [0.2, 0.25) is 0 Å². The van der Waals surface area contributed by atoms with E-state index in [1.807, 2.05) is 22.9 Å². The number of nitrogens with zero attached hydrogens (tertiary/aromatic N) is 1. The molecule has 0 aromatic carbocycles. The number of imide groups is 1. The van der Waals surface area contributed by atoms with Gasteiger partial charge in [0.05, 0.1) is 11.1 Å². The number of nitrogens with one attached hydrogen (secondary N) is 3. The minimum absolute atomic E-state index is 0.0191. The zero-order valence-corrected chi connectivity index (χ0v) is 15.6. The van der Waals surface area contributed by atoms with Gasteiger partial charge in [0.2, 0.25) is 5.91 Å². The second kappa shape index (κ2) is 7.81. The van der Waals surface area contributed by atoms with Crippen molar-refractivity contribution in [3.05, 3.63) is 33.2 Å². The van der Waals surface area contributed by atoms with Crippen molar-refractivity contribution in [3.63, 3.8) is 0 Å². The van der Waals surface area contributed by atoms with Gasteiger partial charge in [-0.3, -0.25) is 14.9 Å². The molecule has 0 aliphatic heterocycles. The zero-order chi connectivity index (χ0) is 17.8. The second-order valence-electron chi connectivity index (χ2n) is 4.87. The molecular formula is C15H14N4O3S3. The Hall–Kier alpha value is -2.17. The first-order valence-electron chi connectivity index (χ1n) is 7.34. The van der Waals surface area contributed by atoms with Crippen molar-refractivity contribution in [1.82, 2.24) is 20.6 Å². The average molecular weight is 395 g/mol. The lowest BCUT2D eigenvalue weighted by Crippen LogP contribution is -2.40. The Morgan fingerprint density at radius 1 is 1.36 bits per heavy atom. The quantitative estimate of drug-likeness (QED) is 0.456. The van der Waals surface area contributed by atoms with E-state index >= 15 is 0 Å². The van der Waals surface area contributed by atoms with E-state index < -0.39 is 11.9 Å². The van der Waals surface area contributed by atoms with Gasteiger partial charge in [-0.15, -0.1) is 22.7 Å². The third kappa shape index (κ3) is 4.09. The summed E-state index contributed by atoms with van der Waals surface area (Å²) in [5, 5.41) is 9.45. The van der Waals surface area contributed by atoms with E-state index in [1.165, 1.54) is 11.3 Å². The van der Waals surface area contributed by atoms with Crippen LogP contribution in [-0.2, 0) is 4.79 Å². The summed E-state index contributed by atoms with van der Waals surface area (Å²) in [5.74, 6) is -0.474. The van der Waals surface area contributed by atoms with E-state index in [2.05, 4.69) is 20.6 Å². The van der Waals surface area contributed by atoms with Gasteiger partial charge < -0.3 is 10.3 Å². The predicted molar refractivity (Wildman–Crippen MR) is 101 cm³/mol. The summed E-state index contributed by atoms with van der Waals surface area (Å²) in [4.78, 5) is 44.2. The number of rotatable bonds is 5. The van der Waals surface area contributed by atoms with Gasteiger partial charge in [-0.2, -0.15) is 0 Å². The molecule has 0 spiro atoms. The minimum Gasteiger partial charge on any atom is -0.338 e. The van der Waals surface area contributed by atoms with Crippen LogP contribution in [0.25, 0.3) is 20.7 Å². The number of H-pyrrole nitrogens is 1. The van der Waals surface area contributed by atoms with Gasteiger partial charge in [0, 0.05) is 22.4 Å². The fourth-order valence-electron chi connectivity index (χ4n) is 2.11. The normalized spacial score (nSPS) is 10.8. The fraction of sp³-hybridized carbons (Fsp3) is 0.200. The molecule has 7 nitrogen and oxygen atoms in total. The maximum atomic E-state index is 12.4. The number of urea groups is 1. The maximum Gasteiger partial charge on any atom is 0.321 e. The van der Waals surface area contributed by atoms with Crippen LogP contribution in [-0.4, -0.2) is 34.2 Å². The van der Waals surface area contributed by atoms with Crippen LogP contribution in [0.3, 0.4) is 0 Å². The first kappa shape index (κ1) is 17.6. The van der Waals surface area contributed by atoms with Crippen LogP contribution >= 0.6 is 34.4 Å². The molecule has 3 heterocycles. The number of carbonyl (C=O) groups excluding carboxylic acids is 2. The molecule has 0 radical (unpaired) electrons. The molecule has 0 aliphatic carbocycles. The molecule has 10 heteroatoms. The summed E-state index contributed by atoms with van der Waals surface area (Å²) in [6, 6.07) is 3.35. The van der Waals surface area contributed by atoms with Gasteiger partial charge in [-0.25, -0.2) is 9.78 Å². The van der Waals surface area contributed by atoms with Gasteiger partial charge in [-0.05, 0) is 18.4 Å². The highest BCUT2D eigenvalue weighted by Gasteiger charge is 2.15.